The summed E-state index contributed by atoms with van der Waals surface area (Å²) < 4.78 is 0. The zero-order chi connectivity index (χ0) is 16.1. The minimum atomic E-state index is 0.0272. The van der Waals surface area contributed by atoms with Crippen molar-refractivity contribution in [2.24, 2.45) is 11.8 Å². The fourth-order valence-electron chi connectivity index (χ4n) is 2.91. The van der Waals surface area contributed by atoms with Gasteiger partial charge in [0.05, 0.1) is 0 Å². The summed E-state index contributed by atoms with van der Waals surface area (Å²) >= 11 is 0. The Kier molecular flexibility index (Phi) is 6.01. The third kappa shape index (κ3) is 4.84. The van der Waals surface area contributed by atoms with Crippen molar-refractivity contribution in [1.29, 1.82) is 0 Å². The van der Waals surface area contributed by atoms with Crippen LogP contribution in [0.15, 0.2) is 24.3 Å². The molecule has 0 radical (unpaired) electrons. The molecule has 0 unspecified atom stereocenters. The van der Waals surface area contributed by atoms with Crippen LogP contribution in [-0.4, -0.2) is 29.9 Å². The number of hydrogen-bond donors (Lipinski definition) is 1. The van der Waals surface area contributed by atoms with Gasteiger partial charge in [-0.3, -0.25) is 9.69 Å². The van der Waals surface area contributed by atoms with Gasteiger partial charge in [0.1, 0.15) is 0 Å². The molecule has 0 aliphatic carbocycles. The van der Waals surface area contributed by atoms with Gasteiger partial charge in [-0.2, -0.15) is 0 Å². The van der Waals surface area contributed by atoms with Gasteiger partial charge in [0.2, 0.25) is 0 Å². The van der Waals surface area contributed by atoms with E-state index in [1.165, 1.54) is 31.5 Å². The molecule has 1 aliphatic rings. The number of hydrogen-bond acceptors (Lipinski definition) is 2. The number of rotatable bonds is 5. The molecule has 1 aliphatic heterocycles. The normalized spacial score (nSPS) is 20.9. The second kappa shape index (κ2) is 7.77. The van der Waals surface area contributed by atoms with E-state index in [4.69, 9.17) is 0 Å². The molecule has 3 heteroatoms. The van der Waals surface area contributed by atoms with E-state index in [9.17, 15) is 4.79 Å². The second-order valence-corrected chi connectivity index (χ2v) is 7.19. The van der Waals surface area contributed by atoms with E-state index in [0.717, 1.165) is 18.0 Å². The Labute approximate surface area is 135 Å². The minimum Gasteiger partial charge on any atom is -0.349 e. The highest BCUT2D eigenvalue weighted by molar-refractivity contribution is 5.94. The van der Waals surface area contributed by atoms with Crippen molar-refractivity contribution in [2.75, 3.05) is 13.1 Å². The lowest BCUT2D eigenvalue weighted by Crippen LogP contribution is -2.36. The summed E-state index contributed by atoms with van der Waals surface area (Å²) in [6, 6.07) is 8.28. The molecule has 0 spiro atoms. The first-order valence-corrected chi connectivity index (χ1v) is 8.58. The molecule has 22 heavy (non-hydrogen) atoms. The maximum atomic E-state index is 12.2. The molecule has 0 bridgehead atoms. The van der Waals surface area contributed by atoms with E-state index in [1.54, 1.807) is 0 Å². The zero-order valence-corrected chi connectivity index (χ0v) is 14.4. The van der Waals surface area contributed by atoms with Gasteiger partial charge in [-0.25, -0.2) is 0 Å². The van der Waals surface area contributed by atoms with E-state index >= 15 is 0 Å². The summed E-state index contributed by atoms with van der Waals surface area (Å²) in [5.74, 6) is 1.28. The number of nitrogens with one attached hydrogen (secondary N) is 1. The van der Waals surface area contributed by atoms with Gasteiger partial charge in [0.25, 0.3) is 5.91 Å². The number of amides is 1. The first-order valence-electron chi connectivity index (χ1n) is 8.58. The lowest BCUT2D eigenvalue weighted by molar-refractivity contribution is 0.0930. The predicted octanol–water partition coefficient (Wildman–Crippen LogP) is 3.69. The second-order valence-electron chi connectivity index (χ2n) is 7.19. The smallest absolute Gasteiger partial charge is 0.251 e. The summed E-state index contributed by atoms with van der Waals surface area (Å²) in [5.41, 5.74) is 2.05. The van der Waals surface area contributed by atoms with Crippen LogP contribution in [0.2, 0.25) is 0 Å². The third-order valence-electron chi connectivity index (χ3n) is 4.72. The molecule has 0 saturated carbocycles. The number of benzene rings is 1. The Bertz CT molecular complexity index is 481. The van der Waals surface area contributed by atoms with Crippen LogP contribution in [0.3, 0.4) is 0 Å². The SMILES string of the molecule is CC(C)[C@H](C)NC(=O)c1ccc(CN2CCC[C@H](C)C2)cc1. The molecule has 1 saturated heterocycles. The Morgan fingerprint density at radius 3 is 2.55 bits per heavy atom. The lowest BCUT2D eigenvalue weighted by Gasteiger charge is -2.30. The molecule has 1 heterocycles. The van der Waals surface area contributed by atoms with Crippen molar-refractivity contribution >= 4 is 5.91 Å². The fourth-order valence-corrected chi connectivity index (χ4v) is 2.91. The molecular formula is C19H30N2O. The summed E-state index contributed by atoms with van der Waals surface area (Å²) in [5, 5.41) is 3.05. The highest BCUT2D eigenvalue weighted by atomic mass is 16.1. The maximum Gasteiger partial charge on any atom is 0.251 e. The summed E-state index contributed by atoms with van der Waals surface area (Å²) in [4.78, 5) is 14.7. The van der Waals surface area contributed by atoms with Crippen LogP contribution < -0.4 is 5.32 Å². The first-order chi connectivity index (χ1) is 10.5. The van der Waals surface area contributed by atoms with Crippen molar-refractivity contribution in [3.05, 3.63) is 35.4 Å². The largest absolute Gasteiger partial charge is 0.349 e. The van der Waals surface area contributed by atoms with Gasteiger partial charge in [-0.1, -0.05) is 32.9 Å². The van der Waals surface area contributed by atoms with E-state index in [1.807, 2.05) is 12.1 Å². The molecule has 1 fully saturated rings. The van der Waals surface area contributed by atoms with Gasteiger partial charge >= 0.3 is 0 Å². The Balaban J connectivity index is 1.91. The van der Waals surface area contributed by atoms with Crippen LogP contribution in [0.5, 0.6) is 0 Å². The average molecular weight is 302 g/mol. The van der Waals surface area contributed by atoms with Crippen molar-refractivity contribution in [1.82, 2.24) is 10.2 Å². The lowest BCUT2D eigenvalue weighted by atomic mass is 9.99. The number of piperidine rings is 1. The van der Waals surface area contributed by atoms with Gasteiger partial charge in [-0.05, 0) is 55.8 Å². The third-order valence-corrected chi connectivity index (χ3v) is 4.72. The number of nitrogens with zero attached hydrogens (tertiary/aromatic N) is 1. The van der Waals surface area contributed by atoms with E-state index in [-0.39, 0.29) is 11.9 Å². The van der Waals surface area contributed by atoms with Crippen molar-refractivity contribution < 1.29 is 4.79 Å². The van der Waals surface area contributed by atoms with E-state index in [0.29, 0.717) is 5.92 Å². The molecule has 122 valence electrons. The molecule has 1 aromatic rings. The summed E-state index contributed by atoms with van der Waals surface area (Å²) in [6.07, 6.45) is 2.65. The van der Waals surface area contributed by atoms with Crippen LogP contribution >= 0.6 is 0 Å². The Morgan fingerprint density at radius 2 is 1.95 bits per heavy atom. The highest BCUT2D eigenvalue weighted by Crippen LogP contribution is 2.18. The van der Waals surface area contributed by atoms with Gasteiger partial charge < -0.3 is 5.32 Å². The summed E-state index contributed by atoms with van der Waals surface area (Å²) in [6.45, 7) is 12.0. The van der Waals surface area contributed by atoms with Gasteiger partial charge in [0, 0.05) is 24.7 Å². The molecule has 1 aromatic carbocycles. The molecule has 2 rings (SSSR count). The van der Waals surface area contributed by atoms with Crippen molar-refractivity contribution in [3.8, 4) is 0 Å². The average Bonchev–Trinajstić information content (AvgIpc) is 2.47. The van der Waals surface area contributed by atoms with Crippen molar-refractivity contribution in [2.45, 2.75) is 53.1 Å². The van der Waals surface area contributed by atoms with E-state index < -0.39 is 0 Å². The number of likely N-dealkylation sites (tertiary alicyclic amines) is 1. The quantitative estimate of drug-likeness (QED) is 0.899. The maximum absolute atomic E-state index is 12.2. The first kappa shape index (κ1) is 17.0. The van der Waals surface area contributed by atoms with Crippen LogP contribution in [-0.2, 0) is 6.54 Å². The van der Waals surface area contributed by atoms with Crippen LogP contribution in [0.1, 0.15) is 56.5 Å². The molecule has 0 aromatic heterocycles. The molecule has 2 atom stereocenters. The monoisotopic (exact) mass is 302 g/mol. The van der Waals surface area contributed by atoms with Crippen LogP contribution in [0, 0.1) is 11.8 Å². The highest BCUT2D eigenvalue weighted by Gasteiger charge is 2.16. The predicted molar refractivity (Wildman–Crippen MR) is 91.9 cm³/mol. The molecule has 3 nitrogen and oxygen atoms in total. The van der Waals surface area contributed by atoms with Crippen LogP contribution in [0.25, 0.3) is 0 Å². The van der Waals surface area contributed by atoms with Crippen LogP contribution in [0.4, 0.5) is 0 Å². The summed E-state index contributed by atoms with van der Waals surface area (Å²) in [7, 11) is 0. The Hall–Kier alpha value is -1.35. The molecular weight excluding hydrogens is 272 g/mol. The molecule has 1 amide bonds. The molecule has 1 N–H and O–H groups in total. The minimum absolute atomic E-state index is 0.0272. The standard InChI is InChI=1S/C19H30N2O/c1-14(2)16(4)20-19(22)18-9-7-17(8-10-18)13-21-11-5-6-15(3)12-21/h7-10,14-16H,5-6,11-13H2,1-4H3,(H,20,22)/t15-,16-/m0/s1. The van der Waals surface area contributed by atoms with Gasteiger partial charge in [0.15, 0.2) is 0 Å². The topological polar surface area (TPSA) is 32.3 Å². The fraction of sp³-hybridized carbons (Fsp3) is 0.632. The Morgan fingerprint density at radius 1 is 1.27 bits per heavy atom. The van der Waals surface area contributed by atoms with Gasteiger partial charge in [-0.15, -0.1) is 0 Å². The van der Waals surface area contributed by atoms with E-state index in [2.05, 4.69) is 50.0 Å². The van der Waals surface area contributed by atoms with Crippen molar-refractivity contribution in [3.63, 3.8) is 0 Å². The number of carbonyl (C=O) groups excluding carboxylic acids is 1. The number of carbonyl (C=O) groups is 1. The zero-order valence-electron chi connectivity index (χ0n) is 14.4.